The largest absolute Gasteiger partial charge is 0.389 e. The molecule has 3 heterocycles. The van der Waals surface area contributed by atoms with Gasteiger partial charge in [0.15, 0.2) is 0 Å². The van der Waals surface area contributed by atoms with Gasteiger partial charge in [-0.05, 0) is 30.5 Å². The minimum Gasteiger partial charge on any atom is -0.389 e. The van der Waals surface area contributed by atoms with E-state index in [1.54, 1.807) is 31.3 Å². The van der Waals surface area contributed by atoms with Gasteiger partial charge >= 0.3 is 0 Å². The summed E-state index contributed by atoms with van der Waals surface area (Å²) in [4.78, 5) is 24.4. The predicted octanol–water partition coefficient (Wildman–Crippen LogP) is 3.14. The molecule has 1 aliphatic rings. The highest BCUT2D eigenvalue weighted by molar-refractivity contribution is 7.98. The molecule has 0 amide bonds. The number of pyridine rings is 1. The Morgan fingerprint density at radius 3 is 2.86 bits per heavy atom. The van der Waals surface area contributed by atoms with Gasteiger partial charge in [-0.1, -0.05) is 12.7 Å². The Morgan fingerprint density at radius 2 is 2.21 bits per heavy atom. The molecule has 2 atom stereocenters. The van der Waals surface area contributed by atoms with Crippen LogP contribution >= 0.6 is 21.0 Å². The van der Waals surface area contributed by atoms with Crippen molar-refractivity contribution in [1.82, 2.24) is 14.5 Å². The number of aliphatic hydroxyl groups excluding tert-OH is 1. The summed E-state index contributed by atoms with van der Waals surface area (Å²) in [6.45, 7) is 5.52. The average molecular weight is 414 g/mol. The van der Waals surface area contributed by atoms with Crippen molar-refractivity contribution in [1.29, 1.82) is 0 Å². The minimum atomic E-state index is -0.626. The van der Waals surface area contributed by atoms with Crippen molar-refractivity contribution in [2.45, 2.75) is 23.8 Å². The lowest BCUT2D eigenvalue weighted by atomic mass is 10.1. The molecular weight excluding hydrogens is 391 g/mol. The lowest BCUT2D eigenvalue weighted by Crippen LogP contribution is -2.26. The van der Waals surface area contributed by atoms with E-state index in [0.717, 1.165) is 16.3 Å². The van der Waals surface area contributed by atoms with Gasteiger partial charge in [-0.2, -0.15) is 0 Å². The molecule has 0 spiro atoms. The molecule has 2 aromatic heterocycles. The van der Waals surface area contributed by atoms with E-state index in [-0.39, 0.29) is 5.56 Å². The first-order valence-corrected chi connectivity index (χ1v) is 10.3. The van der Waals surface area contributed by atoms with Crippen molar-refractivity contribution in [3.8, 4) is 11.3 Å². The van der Waals surface area contributed by atoms with Gasteiger partial charge in [-0.15, -0.1) is 21.0 Å². The van der Waals surface area contributed by atoms with Crippen molar-refractivity contribution in [3.63, 3.8) is 0 Å². The summed E-state index contributed by atoms with van der Waals surface area (Å²) in [6, 6.07) is 1.93. The summed E-state index contributed by atoms with van der Waals surface area (Å²) in [5, 5.41) is 11.2. The second-order valence-corrected chi connectivity index (χ2v) is 8.39. The van der Waals surface area contributed by atoms with Crippen LogP contribution in [0.25, 0.3) is 17.0 Å². The number of fused-ring (bicyclic) bond motifs is 3. The SMILES string of the molecule is C=C(P)/C=C(\C=C/C(C)O)n1cnc2c(c1=O)CSc1nccc(N(C)C)c1-2. The van der Waals surface area contributed by atoms with Crippen molar-refractivity contribution in [2.24, 2.45) is 0 Å². The predicted molar refractivity (Wildman–Crippen MR) is 120 cm³/mol. The molecule has 6 nitrogen and oxygen atoms in total. The smallest absolute Gasteiger partial charge is 0.262 e. The monoisotopic (exact) mass is 414 g/mol. The van der Waals surface area contributed by atoms with Crippen molar-refractivity contribution in [2.75, 3.05) is 19.0 Å². The maximum atomic E-state index is 13.3. The molecule has 0 radical (unpaired) electrons. The molecule has 0 aliphatic carbocycles. The summed E-state index contributed by atoms with van der Waals surface area (Å²) in [6.07, 6.45) is 7.75. The fourth-order valence-corrected chi connectivity index (χ4v) is 4.12. The third-order valence-corrected chi connectivity index (χ3v) is 5.37. The van der Waals surface area contributed by atoms with E-state index in [4.69, 9.17) is 0 Å². The third kappa shape index (κ3) is 4.12. The topological polar surface area (TPSA) is 71.2 Å². The molecule has 0 fully saturated rings. The zero-order valence-electron chi connectivity index (χ0n) is 16.1. The number of aromatic nitrogens is 3. The first kappa shape index (κ1) is 20.5. The van der Waals surface area contributed by atoms with Crippen LogP contribution in [-0.4, -0.2) is 39.8 Å². The van der Waals surface area contributed by atoms with E-state index in [2.05, 4.69) is 25.8 Å². The number of hydrogen-bond acceptors (Lipinski definition) is 6. The number of thioether (sulfide) groups is 1. The number of hydrogen-bond donors (Lipinski definition) is 1. The third-order valence-electron chi connectivity index (χ3n) is 4.19. The van der Waals surface area contributed by atoms with Crippen LogP contribution in [0.15, 0.2) is 58.5 Å². The highest BCUT2D eigenvalue weighted by atomic mass is 32.2. The van der Waals surface area contributed by atoms with Crippen molar-refractivity contribution >= 4 is 32.4 Å². The van der Waals surface area contributed by atoms with Crippen LogP contribution in [0.2, 0.25) is 0 Å². The fraction of sp³-hybridized carbons (Fsp3) is 0.250. The maximum Gasteiger partial charge on any atom is 0.262 e. The number of rotatable bonds is 5. The van der Waals surface area contributed by atoms with Gasteiger partial charge in [0, 0.05) is 31.7 Å². The van der Waals surface area contributed by atoms with E-state index in [0.29, 0.717) is 28.0 Å². The Kier molecular flexibility index (Phi) is 6.18. The van der Waals surface area contributed by atoms with Gasteiger partial charge in [-0.25, -0.2) is 9.97 Å². The minimum absolute atomic E-state index is 0.135. The van der Waals surface area contributed by atoms with Crippen LogP contribution < -0.4 is 10.5 Å². The fourth-order valence-electron chi connectivity index (χ4n) is 2.93. The van der Waals surface area contributed by atoms with Gasteiger partial charge in [0.25, 0.3) is 5.56 Å². The number of aliphatic hydroxyl groups is 1. The Balaban J connectivity index is 2.20. The molecule has 0 saturated carbocycles. The molecule has 28 heavy (non-hydrogen) atoms. The van der Waals surface area contributed by atoms with Crippen LogP contribution in [0.5, 0.6) is 0 Å². The van der Waals surface area contributed by atoms with Gasteiger partial charge in [0.05, 0.1) is 28.6 Å². The van der Waals surface area contributed by atoms with E-state index in [1.807, 2.05) is 25.1 Å². The molecule has 1 N–H and O–H groups in total. The van der Waals surface area contributed by atoms with E-state index < -0.39 is 6.10 Å². The van der Waals surface area contributed by atoms with Crippen LogP contribution in [0, 0.1) is 0 Å². The molecular formula is C20H23N4O2PS. The van der Waals surface area contributed by atoms with Gasteiger partial charge < -0.3 is 10.0 Å². The summed E-state index contributed by atoms with van der Waals surface area (Å²) >= 11 is 1.54. The van der Waals surface area contributed by atoms with Gasteiger partial charge in [0.2, 0.25) is 0 Å². The molecule has 0 bridgehead atoms. The normalized spacial score (nSPS) is 14.5. The lowest BCUT2D eigenvalue weighted by Gasteiger charge is -2.24. The highest BCUT2D eigenvalue weighted by Gasteiger charge is 2.26. The average Bonchev–Trinajstić information content (AvgIpc) is 2.64. The highest BCUT2D eigenvalue weighted by Crippen LogP contribution is 2.42. The second kappa shape index (κ2) is 8.43. The Bertz CT molecular complexity index is 1040. The van der Waals surface area contributed by atoms with E-state index in [1.165, 1.54) is 22.7 Å². The Morgan fingerprint density at radius 1 is 1.46 bits per heavy atom. The zero-order valence-corrected chi connectivity index (χ0v) is 18.1. The molecule has 146 valence electrons. The van der Waals surface area contributed by atoms with E-state index in [9.17, 15) is 9.90 Å². The van der Waals surface area contributed by atoms with Crippen molar-refractivity contribution < 1.29 is 5.11 Å². The summed E-state index contributed by atoms with van der Waals surface area (Å²) in [7, 11) is 6.42. The second-order valence-electron chi connectivity index (χ2n) is 6.68. The van der Waals surface area contributed by atoms with Gasteiger partial charge in [-0.3, -0.25) is 9.36 Å². The van der Waals surface area contributed by atoms with E-state index >= 15 is 0 Å². The number of nitrogens with zero attached hydrogens (tertiary/aromatic N) is 4. The Labute approximate surface area is 170 Å². The molecule has 3 rings (SSSR count). The summed E-state index contributed by atoms with van der Waals surface area (Å²) in [5.74, 6) is 0.508. The zero-order chi connectivity index (χ0) is 20.4. The molecule has 0 aromatic carbocycles. The Hall–Kier alpha value is -2.21. The molecule has 2 aromatic rings. The lowest BCUT2D eigenvalue weighted by molar-refractivity contribution is 0.244. The molecule has 8 heteroatoms. The first-order chi connectivity index (χ1) is 13.3. The molecule has 1 aliphatic heterocycles. The number of anilines is 1. The number of allylic oxidation sites excluding steroid dienone is 4. The van der Waals surface area contributed by atoms with Crippen LogP contribution in [0.3, 0.4) is 0 Å². The van der Waals surface area contributed by atoms with Crippen LogP contribution in [-0.2, 0) is 5.75 Å². The van der Waals surface area contributed by atoms with Gasteiger partial charge in [0.1, 0.15) is 11.4 Å². The summed E-state index contributed by atoms with van der Waals surface area (Å²) in [5.41, 5.74) is 3.65. The quantitative estimate of drug-likeness (QED) is 0.599. The standard InChI is InChI=1S/C20H23N4O2PS/c1-12(25)5-6-14(9-13(2)27)24-11-22-18-15(20(24)26)10-28-19-17(18)16(23(3)4)7-8-21-19/h5-9,11-12,25H,2,10,27H2,1,3-4H3/b6-5-,14-9+. The molecule has 0 saturated heterocycles. The first-order valence-electron chi connectivity index (χ1n) is 8.72. The molecule has 2 unspecified atom stereocenters. The summed E-state index contributed by atoms with van der Waals surface area (Å²) < 4.78 is 1.49. The van der Waals surface area contributed by atoms with Crippen molar-refractivity contribution in [3.05, 3.63) is 64.6 Å². The van der Waals surface area contributed by atoms with Crippen LogP contribution in [0.4, 0.5) is 5.69 Å². The maximum absolute atomic E-state index is 13.3. The van der Waals surface area contributed by atoms with Crippen LogP contribution in [0.1, 0.15) is 12.5 Å².